The van der Waals surface area contributed by atoms with E-state index < -0.39 is 34.9 Å². The standard InChI is InChI=1S/C22H26N2O7S/c1-32(29,30)24-10-4-5-14-11-15(8-9-18(14)24)19(25)13-31-20(26)12-23-21(27)16-6-2-3-7-17(16)22(23)28/h8-9,11,16-17H,2-7,10,12-13H2,1H3/t16-,17-/m1/s1. The van der Waals surface area contributed by atoms with Gasteiger partial charge < -0.3 is 4.74 Å². The number of ether oxygens (including phenoxy) is 1. The molecule has 1 aliphatic carbocycles. The lowest BCUT2D eigenvalue weighted by atomic mass is 9.81. The van der Waals surface area contributed by atoms with E-state index in [1.54, 1.807) is 12.1 Å². The van der Waals surface area contributed by atoms with Gasteiger partial charge >= 0.3 is 5.97 Å². The van der Waals surface area contributed by atoms with Crippen LogP contribution in [0.2, 0.25) is 0 Å². The molecule has 1 aromatic carbocycles. The van der Waals surface area contributed by atoms with E-state index in [4.69, 9.17) is 4.74 Å². The van der Waals surface area contributed by atoms with Gasteiger partial charge in [-0.3, -0.25) is 28.4 Å². The number of benzene rings is 1. The van der Waals surface area contributed by atoms with E-state index in [2.05, 4.69) is 0 Å². The molecule has 0 radical (unpaired) electrons. The third-order valence-corrected chi connectivity index (χ3v) is 7.64. The number of imide groups is 1. The molecule has 172 valence electrons. The average Bonchev–Trinajstić information content (AvgIpc) is 3.01. The normalized spacial score (nSPS) is 23.0. The number of aryl methyl sites for hydroxylation is 1. The number of rotatable bonds is 6. The summed E-state index contributed by atoms with van der Waals surface area (Å²) in [6, 6.07) is 4.73. The summed E-state index contributed by atoms with van der Waals surface area (Å²) in [4.78, 5) is 50.6. The van der Waals surface area contributed by atoms with Crippen molar-refractivity contribution in [1.29, 1.82) is 0 Å². The van der Waals surface area contributed by atoms with Crippen LogP contribution < -0.4 is 4.31 Å². The number of nitrogens with zero attached hydrogens (tertiary/aromatic N) is 2. The molecule has 0 bridgehead atoms. The zero-order valence-corrected chi connectivity index (χ0v) is 18.7. The van der Waals surface area contributed by atoms with Crippen molar-refractivity contribution in [2.45, 2.75) is 38.5 Å². The van der Waals surface area contributed by atoms with Gasteiger partial charge in [0.05, 0.1) is 23.8 Å². The van der Waals surface area contributed by atoms with Crippen LogP contribution in [0.3, 0.4) is 0 Å². The highest BCUT2D eigenvalue weighted by Gasteiger charge is 2.48. The summed E-state index contributed by atoms with van der Waals surface area (Å²) in [7, 11) is -3.40. The topological polar surface area (TPSA) is 118 Å². The molecular formula is C22H26N2O7S. The SMILES string of the molecule is CS(=O)(=O)N1CCCc2cc(C(=O)COC(=O)CN3C(=O)[C@@H]4CCCC[C@H]4C3=O)ccc21. The van der Waals surface area contributed by atoms with Gasteiger partial charge in [0.1, 0.15) is 6.54 Å². The average molecular weight is 463 g/mol. The van der Waals surface area contributed by atoms with Crippen LogP contribution in [0.1, 0.15) is 48.0 Å². The van der Waals surface area contributed by atoms with Gasteiger partial charge in [-0.05, 0) is 49.4 Å². The number of hydrogen-bond acceptors (Lipinski definition) is 7. The Kier molecular flexibility index (Phi) is 6.07. The number of anilines is 1. The molecule has 0 unspecified atom stereocenters. The number of Topliss-reactive ketones (excluding diaryl/α,β-unsaturated/α-hetero) is 1. The van der Waals surface area contributed by atoms with Gasteiger partial charge in [0.2, 0.25) is 21.8 Å². The van der Waals surface area contributed by atoms with Gasteiger partial charge in [-0.1, -0.05) is 12.8 Å². The number of fused-ring (bicyclic) bond motifs is 2. The number of carbonyl (C=O) groups is 4. The number of carbonyl (C=O) groups excluding carboxylic acids is 4. The maximum absolute atomic E-state index is 12.5. The second-order valence-electron chi connectivity index (χ2n) is 8.63. The first-order chi connectivity index (χ1) is 15.2. The van der Waals surface area contributed by atoms with Crippen molar-refractivity contribution in [3.63, 3.8) is 0 Å². The van der Waals surface area contributed by atoms with Crippen molar-refractivity contribution in [2.75, 3.05) is 30.3 Å². The summed E-state index contributed by atoms with van der Waals surface area (Å²) < 4.78 is 30.3. The van der Waals surface area contributed by atoms with Crippen molar-refractivity contribution in [3.8, 4) is 0 Å². The summed E-state index contributed by atoms with van der Waals surface area (Å²) in [6.45, 7) is -0.603. The van der Waals surface area contributed by atoms with Gasteiger partial charge in [-0.25, -0.2) is 8.42 Å². The lowest BCUT2D eigenvalue weighted by molar-refractivity contribution is -0.152. The number of amides is 2. The van der Waals surface area contributed by atoms with Crippen molar-refractivity contribution in [2.24, 2.45) is 11.8 Å². The highest BCUT2D eigenvalue weighted by Crippen LogP contribution is 2.38. The molecule has 0 aromatic heterocycles. The van der Waals surface area contributed by atoms with Crippen LogP contribution in [0.25, 0.3) is 0 Å². The molecule has 9 nitrogen and oxygen atoms in total. The Hall–Kier alpha value is -2.75. The van der Waals surface area contributed by atoms with E-state index in [-0.39, 0.29) is 23.7 Å². The Balaban J connectivity index is 1.36. The lowest BCUT2D eigenvalue weighted by Crippen LogP contribution is -2.37. The molecule has 3 aliphatic rings. The number of hydrogen-bond donors (Lipinski definition) is 0. The first-order valence-electron chi connectivity index (χ1n) is 10.8. The van der Waals surface area contributed by atoms with Crippen molar-refractivity contribution < 1.29 is 32.3 Å². The van der Waals surface area contributed by atoms with Crippen molar-refractivity contribution in [3.05, 3.63) is 29.3 Å². The quantitative estimate of drug-likeness (QED) is 0.355. The Bertz CT molecular complexity index is 1060. The Morgan fingerprint density at radius 3 is 2.34 bits per heavy atom. The predicted molar refractivity (Wildman–Crippen MR) is 114 cm³/mol. The summed E-state index contributed by atoms with van der Waals surface area (Å²) in [5, 5.41) is 0. The molecule has 10 heteroatoms. The van der Waals surface area contributed by atoms with Gasteiger partial charge in [0, 0.05) is 12.1 Å². The number of sulfonamides is 1. The molecule has 0 spiro atoms. The first kappa shape index (κ1) is 22.4. The summed E-state index contributed by atoms with van der Waals surface area (Å²) in [6.07, 6.45) is 5.55. The Morgan fingerprint density at radius 1 is 1.06 bits per heavy atom. The third-order valence-electron chi connectivity index (χ3n) is 6.46. The van der Waals surface area contributed by atoms with E-state index in [0.29, 0.717) is 43.5 Å². The van der Waals surface area contributed by atoms with Gasteiger partial charge in [-0.2, -0.15) is 0 Å². The minimum Gasteiger partial charge on any atom is -0.456 e. The van der Waals surface area contributed by atoms with Gasteiger partial charge in [-0.15, -0.1) is 0 Å². The van der Waals surface area contributed by atoms with Crippen LogP contribution in [0.4, 0.5) is 5.69 Å². The van der Waals surface area contributed by atoms with E-state index in [9.17, 15) is 27.6 Å². The predicted octanol–water partition coefficient (Wildman–Crippen LogP) is 1.30. The highest BCUT2D eigenvalue weighted by atomic mass is 32.2. The second kappa shape index (κ2) is 8.65. The Morgan fingerprint density at radius 2 is 1.72 bits per heavy atom. The van der Waals surface area contributed by atoms with E-state index in [1.807, 2.05) is 0 Å². The molecule has 2 atom stereocenters. The van der Waals surface area contributed by atoms with E-state index >= 15 is 0 Å². The van der Waals surface area contributed by atoms with Crippen molar-refractivity contribution >= 4 is 39.3 Å². The summed E-state index contributed by atoms with van der Waals surface area (Å²) in [5.41, 5.74) is 1.61. The van der Waals surface area contributed by atoms with Gasteiger partial charge in [0.15, 0.2) is 12.4 Å². The van der Waals surface area contributed by atoms with E-state index in [1.165, 1.54) is 10.4 Å². The van der Waals surface area contributed by atoms with Crippen LogP contribution in [-0.2, 0) is 35.6 Å². The Labute approximate surface area is 186 Å². The molecule has 2 fully saturated rings. The third kappa shape index (κ3) is 4.28. The molecule has 2 aliphatic heterocycles. The molecule has 1 saturated heterocycles. The zero-order chi connectivity index (χ0) is 23.0. The fourth-order valence-corrected chi connectivity index (χ4v) is 5.87. The van der Waals surface area contributed by atoms with Crippen molar-refractivity contribution in [1.82, 2.24) is 4.90 Å². The smallest absolute Gasteiger partial charge is 0.326 e. The van der Waals surface area contributed by atoms with Crippen LogP contribution in [-0.4, -0.2) is 62.8 Å². The number of likely N-dealkylation sites (tertiary alicyclic amines) is 1. The largest absolute Gasteiger partial charge is 0.456 e. The van der Waals surface area contributed by atoms with Crippen LogP contribution in [0.5, 0.6) is 0 Å². The highest BCUT2D eigenvalue weighted by molar-refractivity contribution is 7.92. The maximum Gasteiger partial charge on any atom is 0.326 e. The molecule has 2 heterocycles. The van der Waals surface area contributed by atoms with Gasteiger partial charge in [0.25, 0.3) is 0 Å². The molecule has 4 rings (SSSR count). The summed E-state index contributed by atoms with van der Waals surface area (Å²) in [5.74, 6) is -2.58. The zero-order valence-electron chi connectivity index (χ0n) is 17.9. The molecule has 1 aromatic rings. The monoisotopic (exact) mass is 462 g/mol. The number of esters is 1. The lowest BCUT2D eigenvalue weighted by Gasteiger charge is -2.29. The molecule has 2 amide bonds. The minimum absolute atomic E-state index is 0.311. The summed E-state index contributed by atoms with van der Waals surface area (Å²) >= 11 is 0. The fraction of sp³-hybridized carbons (Fsp3) is 0.545. The van der Waals surface area contributed by atoms with E-state index in [0.717, 1.165) is 29.6 Å². The second-order valence-corrected chi connectivity index (χ2v) is 10.5. The fourth-order valence-electron chi connectivity index (χ4n) is 4.87. The molecule has 32 heavy (non-hydrogen) atoms. The van der Waals surface area contributed by atoms with Crippen LogP contribution >= 0.6 is 0 Å². The van der Waals surface area contributed by atoms with Crippen LogP contribution in [0.15, 0.2) is 18.2 Å². The first-order valence-corrected chi connectivity index (χ1v) is 12.7. The number of ketones is 1. The van der Waals surface area contributed by atoms with Crippen LogP contribution in [0, 0.1) is 11.8 Å². The molecule has 1 saturated carbocycles. The molecule has 0 N–H and O–H groups in total. The molecular weight excluding hydrogens is 436 g/mol. The minimum atomic E-state index is -3.40. The maximum atomic E-state index is 12.5.